The summed E-state index contributed by atoms with van der Waals surface area (Å²) in [6, 6.07) is 0.909. The largest absolute Gasteiger partial charge is 0.378 e. The third kappa shape index (κ3) is 3.87. The van der Waals surface area contributed by atoms with Crippen LogP contribution in [0.5, 0.6) is 0 Å². The molecule has 0 aromatic carbocycles. The summed E-state index contributed by atoms with van der Waals surface area (Å²) in [5, 5.41) is 3.69. The number of allylic oxidation sites excluding steroid dienone is 16. The van der Waals surface area contributed by atoms with Crippen LogP contribution >= 0.6 is 20.7 Å². The molecule has 7 atom stereocenters. The van der Waals surface area contributed by atoms with Crippen LogP contribution in [0.1, 0.15) is 19.8 Å². The molecule has 3 heterocycles. The number of quaternary nitrogens is 1. The molecule has 3 nitrogen and oxygen atoms in total. The first-order valence-electron chi connectivity index (χ1n) is 14.7. The van der Waals surface area contributed by atoms with E-state index in [2.05, 4.69) is 113 Å². The van der Waals surface area contributed by atoms with Gasteiger partial charge in [-0.2, -0.15) is 0 Å². The Labute approximate surface area is 247 Å². The van der Waals surface area contributed by atoms with E-state index < -0.39 is 0 Å². The van der Waals surface area contributed by atoms with Gasteiger partial charge in [-0.05, 0) is 52.3 Å². The molecule has 8 aliphatic rings. The van der Waals surface area contributed by atoms with Crippen LogP contribution in [0.25, 0.3) is 0 Å². The van der Waals surface area contributed by atoms with Crippen molar-refractivity contribution in [1.82, 2.24) is 5.32 Å². The lowest BCUT2D eigenvalue weighted by Crippen LogP contribution is -3.17. The number of hydrogen-bond acceptors (Lipinski definition) is 2. The molecule has 4 heteroatoms. The van der Waals surface area contributed by atoms with Crippen LogP contribution in [-0.2, 0) is 0 Å². The maximum Gasteiger partial charge on any atom is 0.122 e. The van der Waals surface area contributed by atoms with Gasteiger partial charge in [0, 0.05) is 33.6 Å². The van der Waals surface area contributed by atoms with Crippen molar-refractivity contribution in [2.75, 3.05) is 6.54 Å². The van der Waals surface area contributed by atoms with Crippen molar-refractivity contribution in [1.29, 1.82) is 0 Å². The predicted octanol–water partition coefficient (Wildman–Crippen LogP) is 5.88. The standard InChI is InChI=1S/C36H34IN3/c1-2-9-24-20-23(16-17-31(24)40-32-14-7-5-11-27(32)28-12-6-8-15-33(28)40)25-21-30-26-10-3-4-13-29(26)35-36(34(30)37-22-25)39-19-18-38-35/h2-7,9-14,16-18,20-22,24,26-27,29,31-32,39H,8,15,19H2,1H3/p+1. The first-order valence-corrected chi connectivity index (χ1v) is 17.1. The summed E-state index contributed by atoms with van der Waals surface area (Å²) < 4.78 is 4.09. The van der Waals surface area contributed by atoms with E-state index in [1.54, 1.807) is 16.2 Å². The van der Waals surface area contributed by atoms with E-state index in [1.165, 1.54) is 38.1 Å². The van der Waals surface area contributed by atoms with Crippen LogP contribution in [0, 0.1) is 23.7 Å². The molecule has 0 radical (unpaired) electrons. The fourth-order valence-electron chi connectivity index (χ4n) is 7.82. The normalized spacial score (nSPS) is 36.6. The number of hydrogen-bond donors (Lipinski definition) is 2. The second-order valence-electron chi connectivity index (χ2n) is 11.6. The third-order valence-corrected chi connectivity index (χ3v) is 12.3. The van der Waals surface area contributed by atoms with Gasteiger partial charge in [-0.25, -0.2) is 0 Å². The van der Waals surface area contributed by atoms with Gasteiger partial charge in [0.05, 0.1) is 29.8 Å². The zero-order valence-electron chi connectivity index (χ0n) is 22.8. The molecule has 2 N–H and O–H groups in total. The van der Waals surface area contributed by atoms with Crippen molar-refractivity contribution in [3.8, 4) is 0 Å². The van der Waals surface area contributed by atoms with Crippen LogP contribution in [0.2, 0.25) is 0 Å². The predicted molar refractivity (Wildman–Crippen MR) is 175 cm³/mol. The second-order valence-corrected chi connectivity index (χ2v) is 13.9. The minimum absolute atomic E-state index is 0.255. The SMILES string of the molecule is CC=CC1C=C(C2=CC3=C(I=C2)C2=C(N=CCN2)C2C=CC=CC32)C=CC1[NH+]1C2=C(C=CCC2)C2C=CC=CC21. The van der Waals surface area contributed by atoms with Crippen molar-refractivity contribution in [2.45, 2.75) is 31.8 Å². The maximum absolute atomic E-state index is 4.88. The summed E-state index contributed by atoms with van der Waals surface area (Å²) >= 11 is -0.255. The summed E-state index contributed by atoms with van der Waals surface area (Å²) in [5.74, 6) is 1.60. The molecule has 7 unspecified atom stereocenters. The summed E-state index contributed by atoms with van der Waals surface area (Å²) in [6.07, 6.45) is 42.4. The number of halogens is 1. The molecular weight excluding hydrogens is 601 g/mol. The summed E-state index contributed by atoms with van der Waals surface area (Å²) in [5.41, 5.74) is 10.1. The summed E-state index contributed by atoms with van der Waals surface area (Å²) in [7, 11) is 0. The fourth-order valence-corrected chi connectivity index (χ4v) is 10.7. The van der Waals surface area contributed by atoms with Gasteiger partial charge < -0.3 is 5.32 Å². The van der Waals surface area contributed by atoms with Crippen LogP contribution < -0.4 is 10.2 Å². The van der Waals surface area contributed by atoms with Gasteiger partial charge >= 0.3 is 0 Å². The third-order valence-electron chi connectivity index (χ3n) is 9.52. The van der Waals surface area contributed by atoms with Gasteiger partial charge in [-0.1, -0.05) is 99.7 Å². The number of rotatable bonds is 3. The summed E-state index contributed by atoms with van der Waals surface area (Å²) in [6.45, 7) is 3.00. The van der Waals surface area contributed by atoms with E-state index in [9.17, 15) is 0 Å². The number of nitrogens with one attached hydrogen (secondary N) is 2. The minimum Gasteiger partial charge on any atom is -0.378 e. The zero-order valence-corrected chi connectivity index (χ0v) is 25.0. The first kappa shape index (κ1) is 24.7. The van der Waals surface area contributed by atoms with E-state index in [-0.39, 0.29) is 20.7 Å². The molecule has 0 fully saturated rings. The molecule has 8 rings (SSSR count). The van der Waals surface area contributed by atoms with Crippen molar-refractivity contribution < 1.29 is 4.90 Å². The molecule has 200 valence electrons. The Balaban J connectivity index is 1.16. The van der Waals surface area contributed by atoms with E-state index >= 15 is 0 Å². The number of nitrogens with zero attached hydrogens (tertiary/aromatic N) is 1. The van der Waals surface area contributed by atoms with Crippen LogP contribution in [0.3, 0.4) is 0 Å². The van der Waals surface area contributed by atoms with E-state index in [0.29, 0.717) is 35.8 Å². The maximum atomic E-state index is 4.88. The monoisotopic (exact) mass is 636 g/mol. The highest BCUT2D eigenvalue weighted by atomic mass is 127. The van der Waals surface area contributed by atoms with Crippen molar-refractivity contribution in [2.24, 2.45) is 28.7 Å². The Morgan fingerprint density at radius 3 is 2.67 bits per heavy atom. The molecule has 5 aliphatic carbocycles. The number of fused-ring (bicyclic) bond motifs is 6. The topological polar surface area (TPSA) is 28.8 Å². The van der Waals surface area contributed by atoms with Gasteiger partial charge in [0.1, 0.15) is 17.8 Å². The van der Waals surface area contributed by atoms with Gasteiger partial charge in [-0.15, -0.1) is 0 Å². The van der Waals surface area contributed by atoms with Gasteiger partial charge in [0.2, 0.25) is 0 Å². The molecule has 0 saturated heterocycles. The second kappa shape index (κ2) is 10.1. The van der Waals surface area contributed by atoms with Crippen LogP contribution in [0.15, 0.2) is 145 Å². The molecule has 0 aromatic heterocycles. The number of aliphatic imine (C=N–C) groups is 1. The van der Waals surface area contributed by atoms with Crippen molar-refractivity contribution in [3.05, 3.63) is 140 Å². The lowest BCUT2D eigenvalue weighted by atomic mass is 9.75. The quantitative estimate of drug-likeness (QED) is 0.294. The minimum atomic E-state index is -0.255. The molecule has 40 heavy (non-hydrogen) atoms. The smallest absolute Gasteiger partial charge is 0.122 e. The van der Waals surface area contributed by atoms with Crippen molar-refractivity contribution >= 4 is 31.0 Å². The Hall–Kier alpha value is -3.09. The highest BCUT2D eigenvalue weighted by Gasteiger charge is 2.47. The molecule has 0 bridgehead atoms. The molecule has 0 aromatic rings. The van der Waals surface area contributed by atoms with E-state index in [1.807, 2.05) is 6.21 Å². The average molecular weight is 637 g/mol. The molecule has 0 spiro atoms. The van der Waals surface area contributed by atoms with Crippen LogP contribution in [-0.4, -0.2) is 28.9 Å². The van der Waals surface area contributed by atoms with Gasteiger partial charge in [0.25, 0.3) is 0 Å². The van der Waals surface area contributed by atoms with Gasteiger partial charge in [-0.3, -0.25) is 9.89 Å². The van der Waals surface area contributed by atoms with Crippen LogP contribution in [0.4, 0.5) is 0 Å². The van der Waals surface area contributed by atoms with Gasteiger partial charge in [0.15, 0.2) is 0 Å². The first-order chi connectivity index (χ1) is 19.8. The molecule has 0 amide bonds. The lowest BCUT2D eigenvalue weighted by Gasteiger charge is -2.37. The Bertz CT molecular complexity index is 1590. The fraction of sp³-hybridized carbons (Fsp3) is 0.278. The van der Waals surface area contributed by atoms with E-state index in [0.717, 1.165) is 13.0 Å². The van der Waals surface area contributed by atoms with E-state index in [4.69, 9.17) is 4.99 Å². The summed E-state index contributed by atoms with van der Waals surface area (Å²) in [4.78, 5) is 6.54. The lowest BCUT2D eigenvalue weighted by molar-refractivity contribution is -0.899. The Morgan fingerprint density at radius 2 is 1.77 bits per heavy atom. The van der Waals surface area contributed by atoms with Crippen molar-refractivity contribution in [3.63, 3.8) is 0 Å². The molecule has 3 aliphatic heterocycles. The zero-order chi connectivity index (χ0) is 26.6. The molecular formula is C36H35IN3+. The Kier molecular flexibility index (Phi) is 6.22. The average Bonchev–Trinajstić information content (AvgIpc) is 3.35. The highest BCUT2D eigenvalue weighted by Crippen LogP contribution is 2.48. The highest BCUT2D eigenvalue weighted by molar-refractivity contribution is 14.2. The molecule has 0 saturated carbocycles. The Morgan fingerprint density at radius 1 is 0.925 bits per heavy atom.